The van der Waals surface area contributed by atoms with Gasteiger partial charge in [-0.05, 0) is 67.6 Å². The first-order valence-corrected chi connectivity index (χ1v) is 11.3. The summed E-state index contributed by atoms with van der Waals surface area (Å²) in [5, 5.41) is 11.5. The second kappa shape index (κ2) is 6.61. The Kier molecular flexibility index (Phi) is 4.60. The van der Waals surface area contributed by atoms with E-state index in [-0.39, 0.29) is 4.90 Å². The molecule has 0 aliphatic heterocycles. The molecule has 8 heteroatoms. The van der Waals surface area contributed by atoms with Gasteiger partial charge in [-0.1, -0.05) is 33.6 Å². The number of hydrogen-bond donors (Lipinski definition) is 2. The number of aromatic nitrogens is 1. The van der Waals surface area contributed by atoms with Crippen molar-refractivity contribution >= 4 is 54.2 Å². The molecule has 3 aromatic rings. The highest BCUT2D eigenvalue weighted by Gasteiger charge is 2.55. The maximum atomic E-state index is 13.4. The Hall–Kier alpha value is -1.83. The fraction of sp³-hybridized carbons (Fsp3) is 0.250. The lowest BCUT2D eigenvalue weighted by molar-refractivity contribution is -0.141. The fourth-order valence-corrected chi connectivity index (χ4v) is 6.61. The Labute approximate surface area is 175 Å². The first-order chi connectivity index (χ1) is 13.1. The Morgan fingerprint density at radius 1 is 1.25 bits per heavy atom. The first kappa shape index (κ1) is 19.5. The lowest BCUT2D eigenvalue weighted by atomic mass is 9.90. The molecular weight excluding hydrogens is 466 g/mol. The molecule has 4 rings (SSSR count). The van der Waals surface area contributed by atoms with Crippen LogP contribution in [0.3, 0.4) is 0 Å². The van der Waals surface area contributed by atoms with E-state index in [0.29, 0.717) is 22.3 Å². The number of benzene rings is 2. The van der Waals surface area contributed by atoms with E-state index in [1.807, 2.05) is 12.1 Å². The van der Waals surface area contributed by atoms with Crippen LogP contribution in [-0.2, 0) is 27.5 Å². The van der Waals surface area contributed by atoms with Crippen molar-refractivity contribution in [1.82, 2.24) is 4.98 Å². The molecule has 0 fully saturated rings. The van der Waals surface area contributed by atoms with Gasteiger partial charge in [0.15, 0.2) is 14.6 Å². The zero-order chi connectivity index (χ0) is 20.3. The molecule has 2 aromatic carbocycles. The third-order valence-corrected chi connectivity index (χ3v) is 8.95. The van der Waals surface area contributed by atoms with Gasteiger partial charge in [-0.2, -0.15) is 0 Å². The Morgan fingerprint density at radius 3 is 2.68 bits per heavy atom. The van der Waals surface area contributed by atoms with Crippen LogP contribution >= 0.6 is 27.5 Å². The largest absolute Gasteiger partial charge is 0.480 e. The van der Waals surface area contributed by atoms with Crippen molar-refractivity contribution in [3.63, 3.8) is 0 Å². The van der Waals surface area contributed by atoms with Crippen molar-refractivity contribution < 1.29 is 18.3 Å². The van der Waals surface area contributed by atoms with Crippen molar-refractivity contribution in [2.45, 2.75) is 29.4 Å². The molecule has 5 nitrogen and oxygen atoms in total. The minimum absolute atomic E-state index is 0.00441. The van der Waals surface area contributed by atoms with E-state index in [2.05, 4.69) is 20.9 Å². The van der Waals surface area contributed by atoms with Crippen LogP contribution in [0.2, 0.25) is 5.02 Å². The van der Waals surface area contributed by atoms with E-state index in [0.717, 1.165) is 22.2 Å². The maximum Gasteiger partial charge on any atom is 0.325 e. The third kappa shape index (κ3) is 2.79. The van der Waals surface area contributed by atoms with Crippen molar-refractivity contribution in [1.29, 1.82) is 0 Å². The van der Waals surface area contributed by atoms with E-state index < -0.39 is 26.5 Å². The molecule has 1 aromatic heterocycles. The van der Waals surface area contributed by atoms with Gasteiger partial charge >= 0.3 is 5.97 Å². The zero-order valence-electron chi connectivity index (χ0n) is 14.9. The van der Waals surface area contributed by atoms with Gasteiger partial charge < -0.3 is 10.1 Å². The van der Waals surface area contributed by atoms with Crippen LogP contribution in [0.1, 0.15) is 18.2 Å². The summed E-state index contributed by atoms with van der Waals surface area (Å²) in [6.45, 7) is 1.32. The van der Waals surface area contributed by atoms with Crippen LogP contribution in [0, 0.1) is 5.92 Å². The number of fused-ring (bicyclic) bond motifs is 3. The van der Waals surface area contributed by atoms with Crippen LogP contribution in [0.5, 0.6) is 0 Å². The maximum absolute atomic E-state index is 13.4. The molecule has 0 spiro atoms. The highest BCUT2D eigenvalue weighted by molar-refractivity contribution is 9.10. The molecule has 2 atom stereocenters. The predicted octanol–water partition coefficient (Wildman–Crippen LogP) is 4.62. The number of carbonyl (C=O) groups is 1. The third-order valence-electron chi connectivity index (χ3n) is 5.73. The molecular formula is C20H17BrClNO4S. The highest BCUT2D eigenvalue weighted by Crippen LogP contribution is 2.43. The van der Waals surface area contributed by atoms with Crippen LogP contribution in [-0.4, -0.2) is 29.2 Å². The molecule has 146 valence electrons. The second-order valence-corrected chi connectivity index (χ2v) is 10.9. The van der Waals surface area contributed by atoms with Gasteiger partial charge in [-0.15, -0.1) is 0 Å². The predicted molar refractivity (Wildman–Crippen MR) is 112 cm³/mol. The second-order valence-electron chi connectivity index (χ2n) is 7.25. The topological polar surface area (TPSA) is 87.2 Å². The number of halogens is 2. The van der Waals surface area contributed by atoms with E-state index in [4.69, 9.17) is 11.6 Å². The number of sulfone groups is 1. The number of carboxylic acids is 1. The fourth-order valence-electron chi connectivity index (χ4n) is 4.03. The normalized spacial score (nSPS) is 18.8. The van der Waals surface area contributed by atoms with Gasteiger partial charge in [0, 0.05) is 26.1 Å². The van der Waals surface area contributed by atoms with E-state index in [1.54, 1.807) is 18.2 Å². The number of nitrogens with one attached hydrogen (secondary N) is 1. The molecule has 2 N–H and O–H groups in total. The summed E-state index contributed by atoms with van der Waals surface area (Å²) in [6.07, 6.45) is 0.698. The standard InChI is InChI=1S/C20H17BrClNO4S/c1-20(19(24)25,28(26,27)14-4-2-3-12(21)9-14)11-7-15-16-10-13(22)5-6-17(16)23-18(15)8-11/h2-6,9-11,23H,7-8H2,1H3,(H,24,25). The van der Waals surface area contributed by atoms with Crippen LogP contribution in [0.4, 0.5) is 0 Å². The molecule has 0 saturated carbocycles. The Balaban J connectivity index is 1.80. The minimum atomic E-state index is -4.13. The van der Waals surface area contributed by atoms with Gasteiger partial charge in [-0.25, -0.2) is 8.42 Å². The van der Waals surface area contributed by atoms with E-state index >= 15 is 0 Å². The summed E-state index contributed by atoms with van der Waals surface area (Å²) < 4.78 is 25.4. The minimum Gasteiger partial charge on any atom is -0.480 e. The molecule has 0 bridgehead atoms. The van der Waals surface area contributed by atoms with Gasteiger partial charge in [0.05, 0.1) is 4.90 Å². The van der Waals surface area contributed by atoms with Crippen LogP contribution in [0.15, 0.2) is 51.8 Å². The molecule has 1 aliphatic carbocycles. The number of hydrogen-bond acceptors (Lipinski definition) is 3. The first-order valence-electron chi connectivity index (χ1n) is 8.67. The number of rotatable bonds is 4. The lowest BCUT2D eigenvalue weighted by Crippen LogP contribution is -2.50. The van der Waals surface area contributed by atoms with Gasteiger partial charge in [0.1, 0.15) is 0 Å². The average Bonchev–Trinajstić information content (AvgIpc) is 3.19. The van der Waals surface area contributed by atoms with Crippen LogP contribution < -0.4 is 0 Å². The summed E-state index contributed by atoms with van der Waals surface area (Å²) in [4.78, 5) is 15.6. The molecule has 0 amide bonds. The average molecular weight is 483 g/mol. The summed E-state index contributed by atoms with van der Waals surface area (Å²) in [5.41, 5.74) is 2.73. The molecule has 1 heterocycles. The monoisotopic (exact) mass is 481 g/mol. The summed E-state index contributed by atoms with van der Waals surface area (Å²) in [5.74, 6) is -1.94. The highest BCUT2D eigenvalue weighted by atomic mass is 79.9. The van der Waals surface area contributed by atoms with Crippen molar-refractivity contribution in [3.05, 3.63) is 63.2 Å². The van der Waals surface area contributed by atoms with Gasteiger partial charge in [0.2, 0.25) is 0 Å². The van der Waals surface area contributed by atoms with Gasteiger partial charge in [-0.3, -0.25) is 4.79 Å². The summed E-state index contributed by atoms with van der Waals surface area (Å²) in [6, 6.07) is 11.7. The molecule has 2 unspecified atom stereocenters. The SMILES string of the molecule is CC(C(=O)O)(C1Cc2[nH]c3ccc(Cl)cc3c2C1)S(=O)(=O)c1cccc(Br)c1. The molecule has 1 aliphatic rings. The van der Waals surface area contributed by atoms with Crippen LogP contribution in [0.25, 0.3) is 10.9 Å². The van der Waals surface area contributed by atoms with E-state index in [9.17, 15) is 18.3 Å². The number of carboxylic acid groups (broad SMARTS) is 1. The number of aliphatic carboxylic acids is 1. The quantitative estimate of drug-likeness (QED) is 0.568. The zero-order valence-corrected chi connectivity index (χ0v) is 18.0. The summed E-state index contributed by atoms with van der Waals surface area (Å²) in [7, 11) is -4.13. The molecule has 0 saturated heterocycles. The summed E-state index contributed by atoms with van der Waals surface area (Å²) >= 11 is 9.38. The van der Waals surface area contributed by atoms with Crippen molar-refractivity contribution in [2.75, 3.05) is 0 Å². The van der Waals surface area contributed by atoms with E-state index in [1.165, 1.54) is 19.1 Å². The molecule has 0 radical (unpaired) electrons. The van der Waals surface area contributed by atoms with Gasteiger partial charge in [0.25, 0.3) is 0 Å². The lowest BCUT2D eigenvalue weighted by Gasteiger charge is -2.31. The number of H-pyrrole nitrogens is 1. The van der Waals surface area contributed by atoms with Crippen molar-refractivity contribution in [3.8, 4) is 0 Å². The smallest absolute Gasteiger partial charge is 0.325 e. The van der Waals surface area contributed by atoms with Crippen molar-refractivity contribution in [2.24, 2.45) is 5.92 Å². The molecule has 28 heavy (non-hydrogen) atoms. The number of aromatic amines is 1. The Morgan fingerprint density at radius 2 is 2.00 bits per heavy atom. The Bertz CT molecular complexity index is 1220.